The summed E-state index contributed by atoms with van der Waals surface area (Å²) in [5.74, 6) is 1.17. The molecule has 1 aliphatic heterocycles. The van der Waals surface area contributed by atoms with Crippen LogP contribution >= 0.6 is 0 Å². The lowest BCUT2D eigenvalue weighted by atomic mass is 9.78. The Morgan fingerprint density at radius 3 is 2.68 bits per heavy atom. The predicted octanol–water partition coefficient (Wildman–Crippen LogP) is 2.93. The largest absolute Gasteiger partial charge is 0.508 e. The van der Waals surface area contributed by atoms with Crippen molar-refractivity contribution < 1.29 is 15.0 Å². The highest BCUT2D eigenvalue weighted by molar-refractivity contribution is 5.98. The first-order valence-electron chi connectivity index (χ1n) is 8.37. The van der Waals surface area contributed by atoms with E-state index in [1.54, 1.807) is 12.1 Å². The van der Waals surface area contributed by atoms with E-state index in [0.717, 1.165) is 44.2 Å². The summed E-state index contributed by atoms with van der Waals surface area (Å²) in [5, 5.41) is 19.5. The molecule has 0 bridgehead atoms. The number of carbonyl (C=O) groups is 1. The van der Waals surface area contributed by atoms with Crippen LogP contribution in [0.2, 0.25) is 0 Å². The second-order valence-electron chi connectivity index (χ2n) is 6.78. The average Bonchev–Trinajstić information content (AvgIpc) is 2.83. The van der Waals surface area contributed by atoms with Gasteiger partial charge in [-0.15, -0.1) is 0 Å². The van der Waals surface area contributed by atoms with Gasteiger partial charge in [0, 0.05) is 18.7 Å². The SMILES string of the molecule is CCC(O)[C@H]1CC[C@H](CN2Cc3ccc(O)cc3C2=O)CC1. The van der Waals surface area contributed by atoms with Gasteiger partial charge in [-0.3, -0.25) is 4.79 Å². The number of aliphatic hydroxyl groups excluding tert-OH is 1. The van der Waals surface area contributed by atoms with Crippen LogP contribution in [-0.4, -0.2) is 33.7 Å². The van der Waals surface area contributed by atoms with Crippen LogP contribution in [0, 0.1) is 11.8 Å². The Morgan fingerprint density at radius 1 is 1.27 bits per heavy atom. The van der Waals surface area contributed by atoms with Gasteiger partial charge in [0.2, 0.25) is 0 Å². The first-order valence-corrected chi connectivity index (χ1v) is 8.37. The molecule has 0 spiro atoms. The molecule has 1 unspecified atom stereocenters. The zero-order valence-electron chi connectivity index (χ0n) is 13.2. The second kappa shape index (κ2) is 6.29. The molecule has 1 heterocycles. The third kappa shape index (κ3) is 2.98. The quantitative estimate of drug-likeness (QED) is 0.899. The smallest absolute Gasteiger partial charge is 0.254 e. The molecule has 1 aromatic carbocycles. The molecular formula is C18H25NO3. The summed E-state index contributed by atoms with van der Waals surface area (Å²) in [5.41, 5.74) is 1.66. The molecule has 4 nitrogen and oxygen atoms in total. The minimum absolute atomic E-state index is 0.0432. The molecule has 1 aromatic rings. The Hall–Kier alpha value is -1.55. The number of phenols is 1. The van der Waals surface area contributed by atoms with Crippen molar-refractivity contribution in [2.75, 3.05) is 6.54 Å². The van der Waals surface area contributed by atoms with E-state index in [2.05, 4.69) is 0 Å². The minimum Gasteiger partial charge on any atom is -0.508 e. The minimum atomic E-state index is -0.165. The van der Waals surface area contributed by atoms with E-state index in [-0.39, 0.29) is 17.8 Å². The van der Waals surface area contributed by atoms with E-state index in [0.29, 0.717) is 23.9 Å². The number of benzene rings is 1. The average molecular weight is 303 g/mol. The summed E-state index contributed by atoms with van der Waals surface area (Å²) < 4.78 is 0. The summed E-state index contributed by atoms with van der Waals surface area (Å²) >= 11 is 0. The van der Waals surface area contributed by atoms with E-state index in [9.17, 15) is 15.0 Å². The Labute approximate surface area is 131 Å². The predicted molar refractivity (Wildman–Crippen MR) is 84.6 cm³/mol. The summed E-state index contributed by atoms with van der Waals surface area (Å²) in [6.45, 7) is 3.49. The number of hydrogen-bond acceptors (Lipinski definition) is 3. The molecule has 0 radical (unpaired) electrons. The number of nitrogens with zero attached hydrogens (tertiary/aromatic N) is 1. The third-order valence-electron chi connectivity index (χ3n) is 5.30. The molecule has 1 amide bonds. The molecule has 3 rings (SSSR count). The van der Waals surface area contributed by atoms with Gasteiger partial charge in [-0.1, -0.05) is 13.0 Å². The molecule has 0 aromatic heterocycles. The number of rotatable bonds is 4. The molecule has 0 saturated heterocycles. The fraction of sp³-hybridized carbons (Fsp3) is 0.611. The molecule has 22 heavy (non-hydrogen) atoms. The van der Waals surface area contributed by atoms with Crippen LogP contribution in [-0.2, 0) is 6.54 Å². The maximum atomic E-state index is 12.4. The molecular weight excluding hydrogens is 278 g/mol. The Bertz CT molecular complexity index is 549. The number of phenolic OH excluding ortho intramolecular Hbond substituents is 1. The van der Waals surface area contributed by atoms with Crippen molar-refractivity contribution in [1.29, 1.82) is 0 Å². The topological polar surface area (TPSA) is 60.8 Å². The van der Waals surface area contributed by atoms with E-state index in [1.165, 1.54) is 0 Å². The number of hydrogen-bond donors (Lipinski definition) is 2. The Kier molecular flexibility index (Phi) is 4.39. The van der Waals surface area contributed by atoms with Gasteiger partial charge >= 0.3 is 0 Å². The van der Waals surface area contributed by atoms with Crippen LogP contribution in [0.3, 0.4) is 0 Å². The number of aromatic hydroxyl groups is 1. The van der Waals surface area contributed by atoms with Crippen LogP contribution in [0.25, 0.3) is 0 Å². The lowest BCUT2D eigenvalue weighted by molar-refractivity contribution is 0.0576. The number of amides is 1. The zero-order valence-corrected chi connectivity index (χ0v) is 13.2. The van der Waals surface area contributed by atoms with Gasteiger partial charge in [-0.05, 0) is 61.6 Å². The number of fused-ring (bicyclic) bond motifs is 1. The highest BCUT2D eigenvalue weighted by atomic mass is 16.3. The van der Waals surface area contributed by atoms with Crippen molar-refractivity contribution in [3.05, 3.63) is 29.3 Å². The van der Waals surface area contributed by atoms with Crippen LogP contribution in [0.15, 0.2) is 18.2 Å². The summed E-state index contributed by atoms with van der Waals surface area (Å²) in [6, 6.07) is 5.07. The van der Waals surface area contributed by atoms with Crippen LogP contribution < -0.4 is 0 Å². The standard InChI is InChI=1S/C18H25NO3/c1-2-17(21)13-5-3-12(4-6-13)10-19-11-14-7-8-15(20)9-16(14)18(19)22/h7-9,12-13,17,20-21H,2-6,10-11H2,1H3/t12-,13-,17?. The van der Waals surface area contributed by atoms with Crippen LogP contribution in [0.5, 0.6) is 5.75 Å². The molecule has 2 aliphatic rings. The second-order valence-corrected chi connectivity index (χ2v) is 6.78. The summed E-state index contributed by atoms with van der Waals surface area (Å²) in [6.07, 6.45) is 4.98. The van der Waals surface area contributed by atoms with Crippen molar-refractivity contribution >= 4 is 5.91 Å². The molecule has 4 heteroatoms. The molecule has 1 saturated carbocycles. The maximum absolute atomic E-state index is 12.4. The highest BCUT2D eigenvalue weighted by Gasteiger charge is 2.32. The van der Waals surface area contributed by atoms with Crippen molar-refractivity contribution in [3.8, 4) is 5.75 Å². The first kappa shape index (κ1) is 15.3. The molecule has 1 atom stereocenters. The third-order valence-corrected chi connectivity index (χ3v) is 5.30. The maximum Gasteiger partial charge on any atom is 0.254 e. The molecule has 1 fully saturated rings. The van der Waals surface area contributed by atoms with E-state index >= 15 is 0 Å². The summed E-state index contributed by atoms with van der Waals surface area (Å²) in [4.78, 5) is 14.3. The number of carbonyl (C=O) groups excluding carboxylic acids is 1. The lowest BCUT2D eigenvalue weighted by Crippen LogP contribution is -2.33. The molecule has 2 N–H and O–H groups in total. The lowest BCUT2D eigenvalue weighted by Gasteiger charge is -2.33. The Morgan fingerprint density at radius 2 is 2.00 bits per heavy atom. The van der Waals surface area contributed by atoms with Crippen LogP contribution in [0.1, 0.15) is 54.9 Å². The monoisotopic (exact) mass is 303 g/mol. The van der Waals surface area contributed by atoms with Crippen molar-refractivity contribution in [1.82, 2.24) is 4.90 Å². The van der Waals surface area contributed by atoms with Gasteiger partial charge < -0.3 is 15.1 Å². The molecule has 1 aliphatic carbocycles. The highest BCUT2D eigenvalue weighted by Crippen LogP contribution is 2.34. The van der Waals surface area contributed by atoms with Crippen molar-refractivity contribution in [2.24, 2.45) is 11.8 Å². The van der Waals surface area contributed by atoms with Gasteiger partial charge in [-0.2, -0.15) is 0 Å². The van der Waals surface area contributed by atoms with E-state index in [1.807, 2.05) is 17.9 Å². The zero-order chi connectivity index (χ0) is 15.7. The first-order chi connectivity index (χ1) is 10.6. The molecule has 120 valence electrons. The normalized spacial score (nSPS) is 26.1. The van der Waals surface area contributed by atoms with Gasteiger partial charge in [0.05, 0.1) is 6.10 Å². The van der Waals surface area contributed by atoms with Gasteiger partial charge in [-0.25, -0.2) is 0 Å². The van der Waals surface area contributed by atoms with Crippen molar-refractivity contribution in [3.63, 3.8) is 0 Å². The fourth-order valence-electron chi connectivity index (χ4n) is 3.90. The summed E-state index contributed by atoms with van der Waals surface area (Å²) in [7, 11) is 0. The van der Waals surface area contributed by atoms with Gasteiger partial charge in [0.1, 0.15) is 5.75 Å². The van der Waals surface area contributed by atoms with Gasteiger partial charge in [0.25, 0.3) is 5.91 Å². The van der Waals surface area contributed by atoms with Crippen LogP contribution in [0.4, 0.5) is 0 Å². The van der Waals surface area contributed by atoms with E-state index in [4.69, 9.17) is 0 Å². The fourth-order valence-corrected chi connectivity index (χ4v) is 3.90. The Balaban J connectivity index is 1.57. The number of aliphatic hydroxyl groups is 1. The van der Waals surface area contributed by atoms with Crippen molar-refractivity contribution in [2.45, 2.75) is 51.7 Å². The van der Waals surface area contributed by atoms with E-state index < -0.39 is 0 Å². The van der Waals surface area contributed by atoms with Gasteiger partial charge in [0.15, 0.2) is 0 Å².